The highest BCUT2D eigenvalue weighted by Gasteiger charge is 2.04. The standard InChI is InChI=1S/C9H11NO2/c1-5-4-6(2)10-7(3)8(5)9(11)12/h4H,1-3H3,(H,11,12)/p-1. The average molecular weight is 164 g/mol. The highest BCUT2D eigenvalue weighted by Crippen LogP contribution is 2.11. The summed E-state index contributed by atoms with van der Waals surface area (Å²) in [5, 5.41) is 10.6. The Balaban J connectivity index is 3.38. The van der Waals surface area contributed by atoms with Gasteiger partial charge in [0.1, 0.15) is 0 Å². The molecular formula is C9H10NO2-. The maximum atomic E-state index is 10.6. The van der Waals surface area contributed by atoms with E-state index in [9.17, 15) is 9.90 Å². The van der Waals surface area contributed by atoms with Crippen molar-refractivity contribution in [3.8, 4) is 0 Å². The van der Waals surface area contributed by atoms with Crippen LogP contribution in [0.25, 0.3) is 0 Å². The normalized spacial score (nSPS) is 9.92. The molecule has 0 N–H and O–H groups in total. The van der Waals surface area contributed by atoms with Crippen LogP contribution in [-0.4, -0.2) is 11.0 Å². The molecule has 0 aliphatic rings. The van der Waals surface area contributed by atoms with Crippen LogP contribution in [-0.2, 0) is 0 Å². The molecule has 0 aromatic carbocycles. The van der Waals surface area contributed by atoms with E-state index in [1.165, 1.54) is 0 Å². The summed E-state index contributed by atoms with van der Waals surface area (Å²) in [5.41, 5.74) is 2.27. The topological polar surface area (TPSA) is 53.0 Å². The lowest BCUT2D eigenvalue weighted by molar-refractivity contribution is -0.255. The molecule has 0 atom stereocenters. The Morgan fingerprint density at radius 3 is 2.42 bits per heavy atom. The molecule has 0 fully saturated rings. The van der Waals surface area contributed by atoms with Gasteiger partial charge in [-0.2, -0.15) is 0 Å². The summed E-state index contributed by atoms with van der Waals surface area (Å²) >= 11 is 0. The molecule has 0 aliphatic heterocycles. The largest absolute Gasteiger partial charge is 0.545 e. The number of hydrogen-bond acceptors (Lipinski definition) is 3. The number of carboxylic acid groups (broad SMARTS) is 1. The van der Waals surface area contributed by atoms with Gasteiger partial charge in [-0.1, -0.05) is 0 Å². The first-order valence-electron chi connectivity index (χ1n) is 3.68. The molecule has 1 aromatic rings. The Morgan fingerprint density at radius 1 is 1.42 bits per heavy atom. The summed E-state index contributed by atoms with van der Waals surface area (Å²) in [6.07, 6.45) is 0. The summed E-state index contributed by atoms with van der Waals surface area (Å²) in [4.78, 5) is 14.6. The third-order valence-electron chi connectivity index (χ3n) is 1.73. The molecule has 0 unspecified atom stereocenters. The molecule has 64 valence electrons. The fourth-order valence-electron chi connectivity index (χ4n) is 1.33. The Morgan fingerprint density at radius 2 is 2.00 bits per heavy atom. The van der Waals surface area contributed by atoms with Crippen molar-refractivity contribution in [2.75, 3.05) is 0 Å². The second-order valence-electron chi connectivity index (χ2n) is 2.83. The summed E-state index contributed by atoms with van der Waals surface area (Å²) in [5.74, 6) is -1.16. The van der Waals surface area contributed by atoms with Gasteiger partial charge in [-0.15, -0.1) is 0 Å². The molecule has 3 heteroatoms. The van der Waals surface area contributed by atoms with E-state index in [1.54, 1.807) is 19.9 Å². The number of carbonyl (C=O) groups is 1. The van der Waals surface area contributed by atoms with E-state index < -0.39 is 5.97 Å². The van der Waals surface area contributed by atoms with Gasteiger partial charge in [0.15, 0.2) is 0 Å². The maximum Gasteiger partial charge on any atom is 0.0736 e. The molecule has 0 saturated heterocycles. The number of hydrogen-bond donors (Lipinski definition) is 0. The lowest BCUT2D eigenvalue weighted by Gasteiger charge is -2.10. The van der Waals surface area contributed by atoms with Crippen LogP contribution in [0.5, 0.6) is 0 Å². The van der Waals surface area contributed by atoms with Crippen molar-refractivity contribution in [1.29, 1.82) is 0 Å². The van der Waals surface area contributed by atoms with Crippen molar-refractivity contribution in [3.05, 3.63) is 28.6 Å². The maximum absolute atomic E-state index is 10.6. The van der Waals surface area contributed by atoms with Crippen LogP contribution < -0.4 is 5.11 Å². The SMILES string of the molecule is Cc1cc(C)c(C(=O)[O-])c(C)n1. The first-order valence-corrected chi connectivity index (χ1v) is 3.68. The van der Waals surface area contributed by atoms with Crippen LogP contribution in [0.4, 0.5) is 0 Å². The highest BCUT2D eigenvalue weighted by molar-refractivity contribution is 5.88. The predicted molar refractivity (Wildman–Crippen MR) is 42.8 cm³/mol. The second kappa shape index (κ2) is 2.93. The molecule has 1 aromatic heterocycles. The van der Waals surface area contributed by atoms with E-state index in [4.69, 9.17) is 0 Å². The van der Waals surface area contributed by atoms with E-state index in [2.05, 4.69) is 4.98 Å². The molecule has 0 amide bonds. The number of aryl methyl sites for hydroxylation is 3. The van der Waals surface area contributed by atoms with E-state index in [1.807, 2.05) is 6.92 Å². The van der Waals surface area contributed by atoms with Gasteiger partial charge in [0.2, 0.25) is 0 Å². The molecule has 0 spiro atoms. The van der Waals surface area contributed by atoms with Gasteiger partial charge in [-0.05, 0) is 32.4 Å². The minimum absolute atomic E-state index is 0.209. The quantitative estimate of drug-likeness (QED) is 0.602. The summed E-state index contributed by atoms with van der Waals surface area (Å²) < 4.78 is 0. The fourth-order valence-corrected chi connectivity index (χ4v) is 1.33. The Kier molecular flexibility index (Phi) is 2.13. The van der Waals surface area contributed by atoms with Crippen molar-refractivity contribution in [2.24, 2.45) is 0 Å². The van der Waals surface area contributed by atoms with Crippen LogP contribution in [0.2, 0.25) is 0 Å². The molecule has 0 bridgehead atoms. The third-order valence-corrected chi connectivity index (χ3v) is 1.73. The monoisotopic (exact) mass is 164 g/mol. The zero-order valence-corrected chi connectivity index (χ0v) is 7.34. The minimum Gasteiger partial charge on any atom is -0.545 e. The number of rotatable bonds is 1. The van der Waals surface area contributed by atoms with Crippen LogP contribution in [0.15, 0.2) is 6.07 Å². The Bertz CT molecular complexity index is 308. The first kappa shape index (κ1) is 8.71. The second-order valence-corrected chi connectivity index (χ2v) is 2.83. The number of aromatic carboxylic acids is 1. The van der Waals surface area contributed by atoms with Crippen LogP contribution >= 0.6 is 0 Å². The van der Waals surface area contributed by atoms with Gasteiger partial charge >= 0.3 is 0 Å². The number of carbonyl (C=O) groups excluding carboxylic acids is 1. The van der Waals surface area contributed by atoms with Gasteiger partial charge in [-0.25, -0.2) is 0 Å². The fraction of sp³-hybridized carbons (Fsp3) is 0.333. The van der Waals surface area contributed by atoms with Crippen molar-refractivity contribution >= 4 is 5.97 Å². The van der Waals surface area contributed by atoms with E-state index in [0.717, 1.165) is 5.69 Å². The van der Waals surface area contributed by atoms with Crippen molar-refractivity contribution in [3.63, 3.8) is 0 Å². The van der Waals surface area contributed by atoms with Gasteiger partial charge in [0, 0.05) is 17.0 Å². The van der Waals surface area contributed by atoms with Crippen molar-refractivity contribution in [1.82, 2.24) is 4.98 Å². The lowest BCUT2D eigenvalue weighted by atomic mass is 10.1. The van der Waals surface area contributed by atoms with Crippen molar-refractivity contribution in [2.45, 2.75) is 20.8 Å². The van der Waals surface area contributed by atoms with Gasteiger partial charge in [-0.3, -0.25) is 4.98 Å². The van der Waals surface area contributed by atoms with Crippen LogP contribution in [0, 0.1) is 20.8 Å². The average Bonchev–Trinajstić information content (AvgIpc) is 1.82. The molecular weight excluding hydrogens is 154 g/mol. The Hall–Kier alpha value is -1.38. The number of nitrogens with zero attached hydrogens (tertiary/aromatic N) is 1. The third kappa shape index (κ3) is 1.44. The minimum atomic E-state index is -1.16. The molecule has 1 rings (SSSR count). The number of carboxylic acids is 1. The van der Waals surface area contributed by atoms with E-state index in [0.29, 0.717) is 11.3 Å². The van der Waals surface area contributed by atoms with Crippen LogP contribution in [0.3, 0.4) is 0 Å². The zero-order valence-electron chi connectivity index (χ0n) is 7.34. The highest BCUT2D eigenvalue weighted by atomic mass is 16.4. The molecule has 3 nitrogen and oxygen atoms in total. The van der Waals surface area contributed by atoms with E-state index >= 15 is 0 Å². The first-order chi connectivity index (χ1) is 5.52. The predicted octanol–water partition coefficient (Wildman–Crippen LogP) is 0.370. The molecule has 0 aliphatic carbocycles. The van der Waals surface area contributed by atoms with Crippen molar-refractivity contribution < 1.29 is 9.90 Å². The summed E-state index contributed by atoms with van der Waals surface area (Å²) in [7, 11) is 0. The Labute approximate surface area is 71.1 Å². The number of aromatic nitrogens is 1. The molecule has 0 radical (unpaired) electrons. The van der Waals surface area contributed by atoms with Gasteiger partial charge in [0.25, 0.3) is 0 Å². The molecule has 0 saturated carbocycles. The molecule has 1 heterocycles. The number of pyridine rings is 1. The van der Waals surface area contributed by atoms with Gasteiger partial charge in [0.05, 0.1) is 5.97 Å². The zero-order chi connectivity index (χ0) is 9.30. The van der Waals surface area contributed by atoms with Gasteiger partial charge < -0.3 is 9.90 Å². The smallest absolute Gasteiger partial charge is 0.0736 e. The molecule has 12 heavy (non-hydrogen) atoms. The van der Waals surface area contributed by atoms with E-state index in [-0.39, 0.29) is 5.56 Å². The lowest BCUT2D eigenvalue weighted by Crippen LogP contribution is -2.25. The summed E-state index contributed by atoms with van der Waals surface area (Å²) in [6.45, 7) is 5.25. The van der Waals surface area contributed by atoms with Crippen LogP contribution in [0.1, 0.15) is 27.3 Å². The summed E-state index contributed by atoms with van der Waals surface area (Å²) in [6, 6.07) is 1.73.